The summed E-state index contributed by atoms with van der Waals surface area (Å²) in [6, 6.07) is 5.87. The van der Waals surface area contributed by atoms with E-state index in [1.165, 1.54) is 22.5 Å². The molecule has 19 heavy (non-hydrogen) atoms. The van der Waals surface area contributed by atoms with Crippen LogP contribution in [0.3, 0.4) is 0 Å². The van der Waals surface area contributed by atoms with Gasteiger partial charge in [0, 0.05) is 13.1 Å². The van der Waals surface area contributed by atoms with Crippen molar-refractivity contribution in [3.8, 4) is 5.75 Å². The van der Waals surface area contributed by atoms with Crippen molar-refractivity contribution in [1.82, 2.24) is 4.31 Å². The van der Waals surface area contributed by atoms with E-state index >= 15 is 0 Å². The van der Waals surface area contributed by atoms with Gasteiger partial charge < -0.3 is 5.11 Å². The van der Waals surface area contributed by atoms with Gasteiger partial charge in [-0.2, -0.15) is 4.31 Å². The molecule has 1 heterocycles. The van der Waals surface area contributed by atoms with Crippen LogP contribution in [0.4, 0.5) is 0 Å². The van der Waals surface area contributed by atoms with Gasteiger partial charge in [0.15, 0.2) is 0 Å². The number of phenols is 1. The number of aromatic hydroxyl groups is 1. The first kappa shape index (κ1) is 14.3. The molecule has 0 atom stereocenters. The number of phenolic OH excluding ortho intramolecular Hbond substituents is 1. The normalized spacial score (nSPS) is 20.3. The maximum Gasteiger partial charge on any atom is 0.243 e. The van der Waals surface area contributed by atoms with Gasteiger partial charge in [-0.15, -0.1) is 0 Å². The fourth-order valence-electron chi connectivity index (χ4n) is 2.41. The second kappa shape index (κ2) is 5.13. The van der Waals surface area contributed by atoms with E-state index in [0.29, 0.717) is 13.1 Å². The number of hydrogen-bond acceptors (Lipinski definition) is 3. The topological polar surface area (TPSA) is 57.6 Å². The first-order valence-electron chi connectivity index (χ1n) is 6.67. The van der Waals surface area contributed by atoms with E-state index < -0.39 is 10.0 Å². The van der Waals surface area contributed by atoms with Crippen molar-refractivity contribution in [1.29, 1.82) is 0 Å². The molecule has 0 spiro atoms. The summed E-state index contributed by atoms with van der Waals surface area (Å²) < 4.78 is 26.4. The van der Waals surface area contributed by atoms with Gasteiger partial charge in [0.05, 0.1) is 4.90 Å². The van der Waals surface area contributed by atoms with Crippen LogP contribution in [0.5, 0.6) is 5.75 Å². The first-order valence-corrected chi connectivity index (χ1v) is 8.11. The van der Waals surface area contributed by atoms with Crippen molar-refractivity contribution in [2.75, 3.05) is 13.1 Å². The van der Waals surface area contributed by atoms with Crippen molar-refractivity contribution >= 4 is 10.0 Å². The van der Waals surface area contributed by atoms with E-state index in [0.717, 1.165) is 19.3 Å². The standard InChI is InChI=1S/C14H21NO3S/c1-3-14(2)7-9-15(10-8-14)19(17,18)13-6-4-5-12(16)11-13/h4-6,11,16H,3,7-10H2,1-2H3. The van der Waals surface area contributed by atoms with Crippen LogP contribution in [0.15, 0.2) is 29.2 Å². The summed E-state index contributed by atoms with van der Waals surface area (Å²) in [7, 11) is -3.47. The maximum atomic E-state index is 12.5. The number of piperidine rings is 1. The lowest BCUT2D eigenvalue weighted by Gasteiger charge is -2.38. The zero-order chi connectivity index (χ0) is 14.1. The van der Waals surface area contributed by atoms with E-state index in [9.17, 15) is 13.5 Å². The van der Waals surface area contributed by atoms with Gasteiger partial charge in [0.25, 0.3) is 0 Å². The fourth-order valence-corrected chi connectivity index (χ4v) is 3.89. The minimum atomic E-state index is -3.47. The summed E-state index contributed by atoms with van der Waals surface area (Å²) in [5, 5.41) is 9.41. The van der Waals surface area contributed by atoms with Gasteiger partial charge in [-0.3, -0.25) is 0 Å². The van der Waals surface area contributed by atoms with E-state index in [4.69, 9.17) is 0 Å². The van der Waals surface area contributed by atoms with Crippen molar-refractivity contribution < 1.29 is 13.5 Å². The molecule has 0 radical (unpaired) electrons. The monoisotopic (exact) mass is 283 g/mol. The average Bonchev–Trinajstić information content (AvgIpc) is 2.39. The number of sulfonamides is 1. The quantitative estimate of drug-likeness (QED) is 0.927. The van der Waals surface area contributed by atoms with E-state index in [2.05, 4.69) is 13.8 Å². The molecule has 1 fully saturated rings. The van der Waals surface area contributed by atoms with E-state index in [1.54, 1.807) is 6.07 Å². The third-order valence-corrected chi connectivity index (χ3v) is 6.13. The van der Waals surface area contributed by atoms with Crippen molar-refractivity contribution in [3.63, 3.8) is 0 Å². The van der Waals surface area contributed by atoms with E-state index in [-0.39, 0.29) is 16.1 Å². The summed E-state index contributed by atoms with van der Waals surface area (Å²) in [4.78, 5) is 0.174. The van der Waals surface area contributed by atoms with Gasteiger partial charge in [-0.05, 0) is 36.5 Å². The van der Waals surface area contributed by atoms with Crippen molar-refractivity contribution in [3.05, 3.63) is 24.3 Å². The minimum absolute atomic E-state index is 0.0171. The molecule has 0 amide bonds. The molecule has 0 aliphatic carbocycles. The molecule has 0 unspecified atom stereocenters. The molecular weight excluding hydrogens is 262 g/mol. The Labute approximate surface area is 115 Å². The first-order chi connectivity index (χ1) is 8.87. The summed E-state index contributed by atoms with van der Waals surface area (Å²) in [6.45, 7) is 5.48. The number of nitrogens with zero attached hydrogens (tertiary/aromatic N) is 1. The summed E-state index contributed by atoms with van der Waals surface area (Å²) >= 11 is 0. The zero-order valence-corrected chi connectivity index (χ0v) is 12.3. The Bertz CT molecular complexity index is 546. The minimum Gasteiger partial charge on any atom is -0.508 e. The molecule has 1 aliphatic rings. The summed E-state index contributed by atoms with van der Waals surface area (Å²) in [5.41, 5.74) is 0.255. The molecule has 0 saturated carbocycles. The Morgan fingerprint density at radius 2 is 1.95 bits per heavy atom. The predicted molar refractivity (Wildman–Crippen MR) is 74.5 cm³/mol. The molecule has 1 saturated heterocycles. The van der Waals surface area contributed by atoms with Gasteiger partial charge in [0.2, 0.25) is 10.0 Å². The predicted octanol–water partition coefficient (Wildman–Crippen LogP) is 2.59. The SMILES string of the molecule is CCC1(C)CCN(S(=O)(=O)c2cccc(O)c2)CC1. The van der Waals surface area contributed by atoms with Crippen molar-refractivity contribution in [2.45, 2.75) is 38.0 Å². The molecular formula is C14H21NO3S. The van der Waals surface area contributed by atoms with Crippen LogP contribution in [0.1, 0.15) is 33.1 Å². The molecule has 5 heteroatoms. The molecule has 4 nitrogen and oxygen atoms in total. The molecule has 1 N–H and O–H groups in total. The lowest BCUT2D eigenvalue weighted by atomic mass is 9.79. The zero-order valence-electron chi connectivity index (χ0n) is 11.5. The lowest BCUT2D eigenvalue weighted by Crippen LogP contribution is -2.41. The second-order valence-electron chi connectivity index (χ2n) is 5.57. The highest BCUT2D eigenvalue weighted by Gasteiger charge is 2.34. The smallest absolute Gasteiger partial charge is 0.243 e. The van der Waals surface area contributed by atoms with Crippen molar-refractivity contribution in [2.24, 2.45) is 5.41 Å². The molecule has 1 aromatic carbocycles. The molecule has 1 aliphatic heterocycles. The average molecular weight is 283 g/mol. The Hall–Kier alpha value is -1.07. The lowest BCUT2D eigenvalue weighted by molar-refractivity contribution is 0.169. The second-order valence-corrected chi connectivity index (χ2v) is 7.50. The maximum absolute atomic E-state index is 12.5. The van der Waals surface area contributed by atoms with E-state index in [1.807, 2.05) is 0 Å². The molecule has 0 bridgehead atoms. The Balaban J connectivity index is 2.19. The van der Waals surface area contributed by atoms with Crippen LogP contribution in [0.25, 0.3) is 0 Å². The van der Waals surface area contributed by atoms with Gasteiger partial charge in [-0.1, -0.05) is 26.3 Å². The van der Waals surface area contributed by atoms with Crippen LogP contribution in [0.2, 0.25) is 0 Å². The van der Waals surface area contributed by atoms with Gasteiger partial charge >= 0.3 is 0 Å². The molecule has 1 aromatic rings. The highest BCUT2D eigenvalue weighted by molar-refractivity contribution is 7.89. The number of benzene rings is 1. The number of hydrogen-bond donors (Lipinski definition) is 1. The summed E-state index contributed by atoms with van der Waals surface area (Å²) in [5.74, 6) is -0.0171. The van der Waals surface area contributed by atoms with Crippen LogP contribution in [0, 0.1) is 5.41 Å². The highest BCUT2D eigenvalue weighted by atomic mass is 32.2. The highest BCUT2D eigenvalue weighted by Crippen LogP contribution is 2.35. The Kier molecular flexibility index (Phi) is 3.87. The fraction of sp³-hybridized carbons (Fsp3) is 0.571. The molecule has 0 aromatic heterocycles. The third kappa shape index (κ3) is 2.92. The molecule has 106 valence electrons. The molecule has 2 rings (SSSR count). The Morgan fingerprint density at radius 1 is 1.32 bits per heavy atom. The van der Waals surface area contributed by atoms with Gasteiger partial charge in [0.1, 0.15) is 5.75 Å². The largest absolute Gasteiger partial charge is 0.508 e. The third-order valence-electron chi connectivity index (χ3n) is 4.24. The Morgan fingerprint density at radius 3 is 2.47 bits per heavy atom. The summed E-state index contributed by atoms with van der Waals surface area (Å²) in [6.07, 6.45) is 2.86. The van der Waals surface area contributed by atoms with Crippen LogP contribution in [-0.2, 0) is 10.0 Å². The van der Waals surface area contributed by atoms with Crippen LogP contribution < -0.4 is 0 Å². The van der Waals surface area contributed by atoms with Crippen LogP contribution >= 0.6 is 0 Å². The number of rotatable bonds is 3. The van der Waals surface area contributed by atoms with Crippen LogP contribution in [-0.4, -0.2) is 30.9 Å². The van der Waals surface area contributed by atoms with Gasteiger partial charge in [-0.25, -0.2) is 8.42 Å².